The second-order valence-corrected chi connectivity index (χ2v) is 8.02. The number of hydrogen-bond acceptors (Lipinski definition) is 2. The third-order valence-electron chi connectivity index (χ3n) is 4.14. The van der Waals surface area contributed by atoms with Crippen molar-refractivity contribution in [3.8, 4) is 0 Å². The van der Waals surface area contributed by atoms with Crippen molar-refractivity contribution in [2.24, 2.45) is 0 Å². The molecule has 0 spiro atoms. The first-order chi connectivity index (χ1) is 13.3. The first-order valence-electron chi connectivity index (χ1n) is 8.24. The summed E-state index contributed by atoms with van der Waals surface area (Å²) >= 11 is 0. The summed E-state index contributed by atoms with van der Waals surface area (Å²) in [4.78, 5) is -0.701. The molecule has 0 bridgehead atoms. The van der Waals surface area contributed by atoms with Crippen molar-refractivity contribution in [2.45, 2.75) is 36.1 Å². The number of halogens is 6. The van der Waals surface area contributed by atoms with Gasteiger partial charge in [0, 0.05) is 6.42 Å². The fourth-order valence-electron chi connectivity index (χ4n) is 2.49. The Morgan fingerprint density at radius 2 is 1.38 bits per heavy atom. The van der Waals surface area contributed by atoms with Crippen LogP contribution in [-0.2, 0) is 10.0 Å². The van der Waals surface area contributed by atoms with E-state index in [0.29, 0.717) is 17.2 Å². The summed E-state index contributed by atoms with van der Waals surface area (Å²) in [7, 11) is -5.12. The van der Waals surface area contributed by atoms with Crippen LogP contribution in [0, 0.1) is 6.92 Å². The van der Waals surface area contributed by atoms with Crippen LogP contribution in [0.4, 0.5) is 26.3 Å². The number of aryl methyl sites for hydroxylation is 1. The van der Waals surface area contributed by atoms with E-state index in [4.69, 9.17) is 0 Å². The van der Waals surface area contributed by atoms with E-state index in [0.717, 1.165) is 22.9 Å². The summed E-state index contributed by atoms with van der Waals surface area (Å²) in [5.74, 6) is 0. The van der Waals surface area contributed by atoms with Crippen molar-refractivity contribution < 1.29 is 34.8 Å². The number of hydrogen-bond donors (Lipinski definition) is 1. The average molecular weight is 437 g/mol. The fraction of sp³-hybridized carbons (Fsp3) is 0.263. The molecular formula is C19H17F6NO2S. The molecule has 0 aliphatic rings. The Balaban J connectivity index is 2.49. The lowest BCUT2D eigenvalue weighted by Crippen LogP contribution is -2.67. The van der Waals surface area contributed by atoms with E-state index in [1.165, 1.54) is 24.3 Å². The minimum absolute atomic E-state index is 0.368. The fourth-order valence-corrected chi connectivity index (χ4v) is 3.88. The lowest BCUT2D eigenvalue weighted by Gasteiger charge is -2.36. The first kappa shape index (κ1) is 23.0. The van der Waals surface area contributed by atoms with Gasteiger partial charge in [0.05, 0.1) is 4.90 Å². The summed E-state index contributed by atoms with van der Waals surface area (Å²) < 4.78 is 107. The quantitative estimate of drug-likeness (QED) is 0.629. The molecule has 1 N–H and O–H groups in total. The Morgan fingerprint density at radius 3 is 1.86 bits per heavy atom. The number of sulfonamides is 1. The summed E-state index contributed by atoms with van der Waals surface area (Å²) in [6.45, 7) is 1.59. The van der Waals surface area contributed by atoms with Crippen LogP contribution in [0.3, 0.4) is 0 Å². The minimum Gasteiger partial charge on any atom is -0.207 e. The van der Waals surface area contributed by atoms with Crippen molar-refractivity contribution in [1.82, 2.24) is 4.72 Å². The van der Waals surface area contributed by atoms with Crippen LogP contribution in [0.5, 0.6) is 0 Å². The van der Waals surface area contributed by atoms with Crippen LogP contribution in [-0.4, -0.2) is 26.3 Å². The Labute approximate surface area is 164 Å². The van der Waals surface area contributed by atoms with E-state index in [2.05, 4.69) is 0 Å². The molecular weight excluding hydrogens is 420 g/mol. The summed E-state index contributed by atoms with van der Waals surface area (Å²) in [5, 5.41) is 0. The van der Waals surface area contributed by atoms with E-state index < -0.39 is 39.2 Å². The van der Waals surface area contributed by atoms with E-state index in [1.807, 2.05) is 0 Å². The number of nitrogens with one attached hydrogen (secondary N) is 1. The zero-order chi connectivity index (χ0) is 21.9. The van der Waals surface area contributed by atoms with Crippen LogP contribution >= 0.6 is 0 Å². The van der Waals surface area contributed by atoms with Gasteiger partial charge < -0.3 is 0 Å². The maximum Gasteiger partial charge on any atom is 0.416 e. The summed E-state index contributed by atoms with van der Waals surface area (Å²) in [6.07, 6.45) is -11.8. The smallest absolute Gasteiger partial charge is 0.207 e. The van der Waals surface area contributed by atoms with Crippen LogP contribution in [0.15, 0.2) is 65.6 Å². The van der Waals surface area contributed by atoms with Gasteiger partial charge in [0.25, 0.3) is 0 Å². The monoisotopic (exact) mass is 437 g/mol. The molecule has 0 fully saturated rings. The Morgan fingerprint density at radius 1 is 0.862 bits per heavy atom. The van der Waals surface area contributed by atoms with Crippen molar-refractivity contribution in [2.75, 3.05) is 0 Å². The number of rotatable bonds is 6. The predicted octanol–water partition coefficient (Wildman–Crippen LogP) is 5.24. The highest BCUT2D eigenvalue weighted by Gasteiger charge is 2.71. The van der Waals surface area contributed by atoms with Crippen molar-refractivity contribution in [1.29, 1.82) is 0 Å². The van der Waals surface area contributed by atoms with E-state index in [-0.39, 0.29) is 0 Å². The molecule has 0 atom stereocenters. The maximum absolute atomic E-state index is 13.6. The van der Waals surface area contributed by atoms with Crippen molar-refractivity contribution in [3.63, 3.8) is 0 Å². The standard InChI is InChI=1S/C19H17F6NO2S/c1-14-9-11-16(12-10-14)29(27,28)26-17(18(20,21)22,19(23,24)25)13-5-8-15-6-3-2-4-7-15/h2-12,26H,13H2,1H3/b8-5+. The number of benzene rings is 2. The minimum atomic E-state index is -5.94. The molecule has 0 aromatic heterocycles. The molecule has 10 heteroatoms. The topological polar surface area (TPSA) is 46.2 Å². The van der Waals surface area contributed by atoms with Crippen LogP contribution in [0.2, 0.25) is 0 Å². The van der Waals surface area contributed by atoms with Crippen molar-refractivity contribution >= 4 is 16.1 Å². The molecule has 2 aromatic rings. The van der Waals surface area contributed by atoms with Crippen LogP contribution in [0.25, 0.3) is 6.08 Å². The second-order valence-electron chi connectivity index (χ2n) is 6.34. The Kier molecular flexibility index (Phi) is 6.48. The SMILES string of the molecule is Cc1ccc(S(=O)(=O)NC(C/C=C/c2ccccc2)(C(F)(F)F)C(F)(F)F)cc1. The molecule has 0 aliphatic carbocycles. The first-order valence-corrected chi connectivity index (χ1v) is 9.72. The van der Waals surface area contributed by atoms with Gasteiger partial charge in [-0.1, -0.05) is 60.2 Å². The summed E-state index contributed by atoms with van der Waals surface area (Å²) in [6, 6.07) is 12.1. The van der Waals surface area contributed by atoms with E-state index >= 15 is 0 Å². The van der Waals surface area contributed by atoms with E-state index in [1.54, 1.807) is 25.1 Å². The van der Waals surface area contributed by atoms with Gasteiger partial charge >= 0.3 is 12.4 Å². The van der Waals surface area contributed by atoms with E-state index in [9.17, 15) is 34.8 Å². The zero-order valence-electron chi connectivity index (χ0n) is 15.1. The molecule has 2 aromatic carbocycles. The van der Waals surface area contributed by atoms with Gasteiger partial charge in [-0.15, -0.1) is 0 Å². The molecule has 0 saturated heterocycles. The zero-order valence-corrected chi connectivity index (χ0v) is 15.9. The van der Waals surface area contributed by atoms with Gasteiger partial charge in [-0.2, -0.15) is 31.1 Å². The molecule has 29 heavy (non-hydrogen) atoms. The molecule has 0 heterocycles. The van der Waals surface area contributed by atoms with Gasteiger partial charge in [-0.05, 0) is 24.6 Å². The van der Waals surface area contributed by atoms with Gasteiger partial charge in [0.1, 0.15) is 0 Å². The highest BCUT2D eigenvalue weighted by Crippen LogP contribution is 2.46. The highest BCUT2D eigenvalue weighted by atomic mass is 32.2. The van der Waals surface area contributed by atoms with Crippen LogP contribution < -0.4 is 4.72 Å². The Hall–Kier alpha value is -2.33. The molecule has 0 amide bonds. The average Bonchev–Trinajstić information content (AvgIpc) is 2.60. The largest absolute Gasteiger partial charge is 0.416 e. The highest BCUT2D eigenvalue weighted by molar-refractivity contribution is 7.89. The summed E-state index contributed by atoms with van der Waals surface area (Å²) in [5.41, 5.74) is -3.73. The van der Waals surface area contributed by atoms with Crippen molar-refractivity contribution in [3.05, 3.63) is 71.8 Å². The third kappa shape index (κ3) is 5.18. The van der Waals surface area contributed by atoms with Gasteiger partial charge in [0.2, 0.25) is 15.6 Å². The molecule has 0 saturated carbocycles. The predicted molar refractivity (Wildman–Crippen MR) is 96.4 cm³/mol. The van der Waals surface area contributed by atoms with Crippen LogP contribution in [0.1, 0.15) is 17.5 Å². The molecule has 0 unspecified atom stereocenters. The molecule has 0 radical (unpaired) electrons. The molecule has 2 rings (SSSR count). The van der Waals surface area contributed by atoms with Gasteiger partial charge in [-0.25, -0.2) is 8.42 Å². The number of alkyl halides is 6. The molecule has 158 valence electrons. The Bertz CT molecular complexity index is 935. The lowest BCUT2D eigenvalue weighted by atomic mass is 9.94. The lowest BCUT2D eigenvalue weighted by molar-refractivity contribution is -0.300. The van der Waals surface area contributed by atoms with Gasteiger partial charge in [-0.3, -0.25) is 0 Å². The molecule has 0 aliphatic heterocycles. The third-order valence-corrected chi connectivity index (χ3v) is 5.65. The maximum atomic E-state index is 13.6. The van der Waals surface area contributed by atoms with Gasteiger partial charge in [0.15, 0.2) is 0 Å². The second kappa shape index (κ2) is 8.19. The molecule has 3 nitrogen and oxygen atoms in total. The normalized spacial score (nSPS) is 13.8.